The SMILES string of the molecule is COc1ccc(C(=O)CSC(C)CO)cc1Cl. The Morgan fingerprint density at radius 1 is 1.59 bits per heavy atom. The van der Waals surface area contributed by atoms with Crippen LogP contribution < -0.4 is 4.74 Å². The summed E-state index contributed by atoms with van der Waals surface area (Å²) in [5, 5.41) is 9.35. The molecule has 0 saturated carbocycles. The zero-order valence-electron chi connectivity index (χ0n) is 9.77. The second-order valence-electron chi connectivity index (χ2n) is 3.58. The number of carbonyl (C=O) groups excluding carboxylic acids is 1. The van der Waals surface area contributed by atoms with E-state index >= 15 is 0 Å². The van der Waals surface area contributed by atoms with E-state index in [-0.39, 0.29) is 17.6 Å². The molecular formula is C12H15ClO3S. The van der Waals surface area contributed by atoms with E-state index in [2.05, 4.69) is 0 Å². The first-order valence-corrected chi connectivity index (χ1v) is 6.60. The topological polar surface area (TPSA) is 46.5 Å². The maximum Gasteiger partial charge on any atom is 0.172 e. The highest BCUT2D eigenvalue weighted by Gasteiger charge is 2.11. The summed E-state index contributed by atoms with van der Waals surface area (Å²) >= 11 is 7.36. The normalized spacial score (nSPS) is 12.2. The molecule has 1 N–H and O–H groups in total. The molecule has 0 spiro atoms. The van der Waals surface area contributed by atoms with E-state index < -0.39 is 0 Å². The predicted octanol–water partition coefficient (Wildman–Crippen LogP) is 2.65. The molecule has 0 fully saturated rings. The third kappa shape index (κ3) is 4.22. The molecule has 0 amide bonds. The molecule has 1 atom stereocenters. The van der Waals surface area contributed by atoms with Crippen LogP contribution >= 0.6 is 23.4 Å². The van der Waals surface area contributed by atoms with Crippen molar-refractivity contribution in [3.63, 3.8) is 0 Å². The first-order valence-electron chi connectivity index (χ1n) is 5.17. The first kappa shape index (κ1) is 14.4. The average molecular weight is 275 g/mol. The summed E-state index contributed by atoms with van der Waals surface area (Å²) in [5.74, 6) is 0.893. The molecule has 0 aromatic heterocycles. The van der Waals surface area contributed by atoms with Gasteiger partial charge in [-0.1, -0.05) is 18.5 Å². The van der Waals surface area contributed by atoms with Crippen molar-refractivity contribution in [1.29, 1.82) is 0 Å². The largest absolute Gasteiger partial charge is 0.495 e. The van der Waals surface area contributed by atoms with Crippen molar-refractivity contribution in [1.82, 2.24) is 0 Å². The van der Waals surface area contributed by atoms with Gasteiger partial charge in [-0.15, -0.1) is 11.8 Å². The zero-order chi connectivity index (χ0) is 12.8. The van der Waals surface area contributed by atoms with Crippen molar-refractivity contribution in [3.05, 3.63) is 28.8 Å². The molecule has 0 aliphatic carbocycles. The Morgan fingerprint density at radius 2 is 2.29 bits per heavy atom. The van der Waals surface area contributed by atoms with Gasteiger partial charge in [0.25, 0.3) is 0 Å². The van der Waals surface area contributed by atoms with Crippen LogP contribution in [0, 0.1) is 0 Å². The molecule has 94 valence electrons. The second kappa shape index (κ2) is 6.89. The van der Waals surface area contributed by atoms with Gasteiger partial charge >= 0.3 is 0 Å². The van der Waals surface area contributed by atoms with Crippen molar-refractivity contribution in [3.8, 4) is 5.75 Å². The number of ether oxygens (including phenoxy) is 1. The highest BCUT2D eigenvalue weighted by atomic mass is 35.5. The Labute approximate surface area is 110 Å². The zero-order valence-corrected chi connectivity index (χ0v) is 11.3. The van der Waals surface area contributed by atoms with Crippen molar-refractivity contribution < 1.29 is 14.6 Å². The van der Waals surface area contributed by atoms with Crippen LogP contribution in [0.15, 0.2) is 18.2 Å². The molecule has 17 heavy (non-hydrogen) atoms. The van der Waals surface area contributed by atoms with Crippen LogP contribution in [0.1, 0.15) is 17.3 Å². The van der Waals surface area contributed by atoms with Gasteiger partial charge in [-0.05, 0) is 18.2 Å². The number of carbonyl (C=O) groups is 1. The Morgan fingerprint density at radius 3 is 2.82 bits per heavy atom. The van der Waals surface area contributed by atoms with E-state index in [1.165, 1.54) is 18.9 Å². The van der Waals surface area contributed by atoms with Gasteiger partial charge in [-0.2, -0.15) is 0 Å². The van der Waals surface area contributed by atoms with E-state index in [4.69, 9.17) is 21.4 Å². The molecule has 1 aromatic rings. The van der Waals surface area contributed by atoms with Crippen LogP contribution in [0.4, 0.5) is 0 Å². The van der Waals surface area contributed by atoms with Gasteiger partial charge in [-0.25, -0.2) is 0 Å². The lowest BCUT2D eigenvalue weighted by molar-refractivity contribution is 0.102. The summed E-state index contributed by atoms with van der Waals surface area (Å²) in [6, 6.07) is 4.97. The summed E-state index contributed by atoms with van der Waals surface area (Å²) in [7, 11) is 1.53. The Hall–Kier alpha value is -0.710. The lowest BCUT2D eigenvalue weighted by atomic mass is 10.1. The van der Waals surface area contributed by atoms with Crippen LogP contribution in [-0.4, -0.2) is 35.6 Å². The molecule has 0 bridgehead atoms. The van der Waals surface area contributed by atoms with E-state index in [0.29, 0.717) is 22.1 Å². The fourth-order valence-corrected chi connectivity index (χ4v) is 2.16. The lowest BCUT2D eigenvalue weighted by Gasteiger charge is -2.08. The standard InChI is InChI=1S/C12H15ClO3S/c1-8(6-14)17-7-11(15)9-3-4-12(16-2)10(13)5-9/h3-5,8,14H,6-7H2,1-2H3. The minimum atomic E-state index is -0.000136. The van der Waals surface area contributed by atoms with Gasteiger partial charge in [-0.3, -0.25) is 4.79 Å². The molecule has 0 radical (unpaired) electrons. The number of hydrogen-bond acceptors (Lipinski definition) is 4. The summed E-state index contributed by atoms with van der Waals surface area (Å²) < 4.78 is 5.01. The summed E-state index contributed by atoms with van der Waals surface area (Å²) in [4.78, 5) is 11.8. The monoisotopic (exact) mass is 274 g/mol. The Bertz CT molecular complexity index is 395. The number of rotatable bonds is 6. The number of ketones is 1. The van der Waals surface area contributed by atoms with Gasteiger partial charge in [0.1, 0.15) is 5.75 Å². The van der Waals surface area contributed by atoms with Gasteiger partial charge in [0, 0.05) is 10.8 Å². The maximum absolute atomic E-state index is 11.8. The molecule has 0 aliphatic heterocycles. The smallest absolute Gasteiger partial charge is 0.172 e. The van der Waals surface area contributed by atoms with Crippen molar-refractivity contribution in [2.75, 3.05) is 19.5 Å². The predicted molar refractivity (Wildman–Crippen MR) is 71.3 cm³/mol. The van der Waals surface area contributed by atoms with Crippen molar-refractivity contribution in [2.24, 2.45) is 0 Å². The van der Waals surface area contributed by atoms with E-state index in [0.717, 1.165) is 0 Å². The summed E-state index contributed by atoms with van der Waals surface area (Å²) in [5.41, 5.74) is 0.563. The lowest BCUT2D eigenvalue weighted by Crippen LogP contribution is -2.09. The fourth-order valence-electron chi connectivity index (χ4n) is 1.19. The Kier molecular flexibility index (Phi) is 5.82. The van der Waals surface area contributed by atoms with E-state index in [1.807, 2.05) is 6.92 Å². The van der Waals surface area contributed by atoms with Gasteiger partial charge in [0.2, 0.25) is 0 Å². The van der Waals surface area contributed by atoms with E-state index in [1.54, 1.807) is 18.2 Å². The molecule has 0 heterocycles. The van der Waals surface area contributed by atoms with Crippen LogP contribution in [0.2, 0.25) is 5.02 Å². The third-order valence-corrected chi connectivity index (χ3v) is 3.67. The number of benzene rings is 1. The number of halogens is 1. The molecule has 0 saturated heterocycles. The van der Waals surface area contributed by atoms with Gasteiger partial charge in [0.05, 0.1) is 24.5 Å². The quantitative estimate of drug-likeness (QED) is 0.810. The van der Waals surface area contributed by atoms with Crippen LogP contribution in [0.25, 0.3) is 0 Å². The minimum Gasteiger partial charge on any atom is -0.495 e. The number of Topliss-reactive ketones (excluding diaryl/α,β-unsaturated/α-hetero) is 1. The van der Waals surface area contributed by atoms with Crippen molar-refractivity contribution in [2.45, 2.75) is 12.2 Å². The maximum atomic E-state index is 11.8. The third-order valence-electron chi connectivity index (χ3n) is 2.23. The van der Waals surface area contributed by atoms with Gasteiger partial charge in [0.15, 0.2) is 5.78 Å². The molecule has 3 nitrogen and oxygen atoms in total. The van der Waals surface area contributed by atoms with Crippen LogP contribution in [-0.2, 0) is 0 Å². The number of aliphatic hydroxyl groups is 1. The summed E-state index contributed by atoms with van der Waals surface area (Å²) in [6.07, 6.45) is 0. The van der Waals surface area contributed by atoms with Gasteiger partial charge < -0.3 is 9.84 Å². The molecule has 1 unspecified atom stereocenters. The molecule has 1 aromatic carbocycles. The molecule has 5 heteroatoms. The molecule has 1 rings (SSSR count). The first-order chi connectivity index (χ1) is 8.08. The Balaban J connectivity index is 2.66. The number of hydrogen-bond donors (Lipinski definition) is 1. The second-order valence-corrected chi connectivity index (χ2v) is 5.41. The number of methoxy groups -OCH3 is 1. The highest BCUT2D eigenvalue weighted by Crippen LogP contribution is 2.25. The van der Waals surface area contributed by atoms with E-state index in [9.17, 15) is 4.79 Å². The van der Waals surface area contributed by atoms with Crippen LogP contribution in [0.5, 0.6) is 5.75 Å². The minimum absolute atomic E-state index is 0.000136. The number of aliphatic hydroxyl groups excluding tert-OH is 1. The highest BCUT2D eigenvalue weighted by molar-refractivity contribution is 8.00. The number of thioether (sulfide) groups is 1. The average Bonchev–Trinajstić information content (AvgIpc) is 2.35. The van der Waals surface area contributed by atoms with Crippen LogP contribution in [0.3, 0.4) is 0 Å². The molecule has 0 aliphatic rings. The fraction of sp³-hybridized carbons (Fsp3) is 0.417. The van der Waals surface area contributed by atoms with Crippen molar-refractivity contribution >= 4 is 29.1 Å². The summed E-state index contributed by atoms with van der Waals surface area (Å²) in [6.45, 7) is 1.94. The molecular weight excluding hydrogens is 260 g/mol.